The van der Waals surface area contributed by atoms with Crippen LogP contribution in [0.25, 0.3) is 0 Å². The van der Waals surface area contributed by atoms with Crippen LogP contribution in [0.4, 0.5) is 0 Å². The van der Waals surface area contributed by atoms with E-state index in [1.54, 1.807) is 0 Å². The van der Waals surface area contributed by atoms with Crippen LogP contribution in [0.15, 0.2) is 24.7 Å². The second-order valence-electron chi connectivity index (χ2n) is 5.11. The molecule has 0 aliphatic carbocycles. The summed E-state index contributed by atoms with van der Waals surface area (Å²) in [5, 5.41) is 4.62. The maximum absolute atomic E-state index is 4.62. The topological polar surface area (TPSA) is 35.6 Å². The van der Waals surface area contributed by atoms with Crippen molar-refractivity contribution in [1.82, 2.24) is 19.3 Å². The number of nitrogens with zero attached hydrogens (tertiary/aromatic N) is 4. The normalized spacial score (nSPS) is 13.2. The van der Waals surface area contributed by atoms with Crippen molar-refractivity contribution in [3.63, 3.8) is 0 Å². The number of imidazole rings is 1. The van der Waals surface area contributed by atoms with Gasteiger partial charge in [-0.05, 0) is 19.4 Å². The lowest BCUT2D eigenvalue weighted by Gasteiger charge is -2.10. The molecular formula is C14H22N4. The first kappa shape index (κ1) is 12.9. The van der Waals surface area contributed by atoms with Crippen LogP contribution in [-0.2, 0) is 6.54 Å². The predicted octanol–water partition coefficient (Wildman–Crippen LogP) is 3.22. The zero-order chi connectivity index (χ0) is 13.1. The van der Waals surface area contributed by atoms with Gasteiger partial charge >= 0.3 is 0 Å². The second kappa shape index (κ2) is 5.38. The quantitative estimate of drug-likeness (QED) is 0.812. The average molecular weight is 246 g/mol. The van der Waals surface area contributed by atoms with E-state index >= 15 is 0 Å². The van der Waals surface area contributed by atoms with Crippen LogP contribution < -0.4 is 0 Å². The minimum atomic E-state index is 0.441. The van der Waals surface area contributed by atoms with Crippen LogP contribution in [-0.4, -0.2) is 19.3 Å². The summed E-state index contributed by atoms with van der Waals surface area (Å²) < 4.78 is 4.22. The Balaban J connectivity index is 2.14. The van der Waals surface area contributed by atoms with Crippen molar-refractivity contribution in [2.45, 2.75) is 52.6 Å². The zero-order valence-electron chi connectivity index (χ0n) is 11.7. The molecule has 2 aromatic heterocycles. The summed E-state index contributed by atoms with van der Waals surface area (Å²) in [4.78, 5) is 4.40. The molecule has 0 amide bonds. The van der Waals surface area contributed by atoms with E-state index in [1.165, 1.54) is 0 Å². The molecule has 4 heteroatoms. The third kappa shape index (κ3) is 2.63. The van der Waals surface area contributed by atoms with Crippen LogP contribution in [0, 0.1) is 0 Å². The van der Waals surface area contributed by atoms with E-state index in [-0.39, 0.29) is 0 Å². The summed E-state index contributed by atoms with van der Waals surface area (Å²) >= 11 is 0. The zero-order valence-corrected chi connectivity index (χ0v) is 11.7. The molecule has 0 spiro atoms. The Kier molecular flexibility index (Phi) is 3.84. The molecule has 0 aliphatic heterocycles. The van der Waals surface area contributed by atoms with Crippen LogP contribution >= 0.6 is 0 Å². The van der Waals surface area contributed by atoms with Gasteiger partial charge in [0.2, 0.25) is 0 Å². The van der Waals surface area contributed by atoms with E-state index in [9.17, 15) is 0 Å². The summed E-state index contributed by atoms with van der Waals surface area (Å²) in [5.41, 5.74) is 1.09. The molecule has 4 nitrogen and oxygen atoms in total. The molecule has 0 aromatic carbocycles. The fourth-order valence-corrected chi connectivity index (χ4v) is 2.02. The van der Waals surface area contributed by atoms with Crippen molar-refractivity contribution in [2.24, 2.45) is 0 Å². The molecule has 2 heterocycles. The molecule has 1 unspecified atom stereocenters. The van der Waals surface area contributed by atoms with E-state index in [0.29, 0.717) is 12.0 Å². The molecule has 0 saturated heterocycles. The average Bonchev–Trinajstić information content (AvgIpc) is 2.97. The second-order valence-corrected chi connectivity index (χ2v) is 5.11. The van der Waals surface area contributed by atoms with Crippen molar-refractivity contribution in [3.8, 4) is 0 Å². The molecule has 1 atom stereocenters. The van der Waals surface area contributed by atoms with Gasteiger partial charge in [-0.2, -0.15) is 5.10 Å². The molecule has 2 aromatic rings. The maximum atomic E-state index is 4.62. The van der Waals surface area contributed by atoms with Crippen molar-refractivity contribution >= 4 is 0 Å². The first-order valence-corrected chi connectivity index (χ1v) is 6.66. The third-order valence-corrected chi connectivity index (χ3v) is 3.30. The van der Waals surface area contributed by atoms with Gasteiger partial charge in [-0.1, -0.05) is 20.8 Å². The molecule has 2 rings (SSSR count). The Morgan fingerprint density at radius 3 is 2.67 bits per heavy atom. The first-order valence-electron chi connectivity index (χ1n) is 6.66. The van der Waals surface area contributed by atoms with Crippen LogP contribution in [0.1, 0.15) is 57.6 Å². The summed E-state index contributed by atoms with van der Waals surface area (Å²) in [6.45, 7) is 9.50. The summed E-state index contributed by atoms with van der Waals surface area (Å²) in [7, 11) is 0. The van der Waals surface area contributed by atoms with E-state index in [2.05, 4.69) is 54.6 Å². The highest BCUT2D eigenvalue weighted by atomic mass is 15.3. The molecule has 0 aliphatic rings. The van der Waals surface area contributed by atoms with Crippen molar-refractivity contribution < 1.29 is 0 Å². The Morgan fingerprint density at radius 2 is 2.00 bits per heavy atom. The molecule has 0 N–H and O–H groups in total. The van der Waals surface area contributed by atoms with Crippen LogP contribution in [0.2, 0.25) is 0 Å². The Hall–Kier alpha value is -1.58. The van der Waals surface area contributed by atoms with Gasteiger partial charge in [-0.25, -0.2) is 4.98 Å². The first-order chi connectivity index (χ1) is 8.61. The van der Waals surface area contributed by atoms with Gasteiger partial charge in [0.25, 0.3) is 0 Å². The number of hydrogen-bond acceptors (Lipinski definition) is 2. The number of hydrogen-bond donors (Lipinski definition) is 0. The molecule has 0 radical (unpaired) electrons. The molecule has 0 fully saturated rings. The monoisotopic (exact) mass is 246 g/mol. The lowest BCUT2D eigenvalue weighted by Crippen LogP contribution is -2.08. The lowest BCUT2D eigenvalue weighted by molar-refractivity contribution is 0.471. The van der Waals surface area contributed by atoms with Gasteiger partial charge < -0.3 is 4.57 Å². The van der Waals surface area contributed by atoms with E-state index in [4.69, 9.17) is 0 Å². The van der Waals surface area contributed by atoms with Crippen molar-refractivity contribution in [3.05, 3.63) is 36.2 Å². The van der Waals surface area contributed by atoms with E-state index < -0.39 is 0 Å². The largest absolute Gasteiger partial charge is 0.329 e. The highest BCUT2D eigenvalue weighted by Gasteiger charge is 2.09. The smallest absolute Gasteiger partial charge is 0.111 e. The highest BCUT2D eigenvalue weighted by molar-refractivity contribution is 5.05. The van der Waals surface area contributed by atoms with Gasteiger partial charge in [-0.15, -0.1) is 0 Å². The van der Waals surface area contributed by atoms with Crippen molar-refractivity contribution in [2.75, 3.05) is 0 Å². The van der Waals surface area contributed by atoms with Gasteiger partial charge in [0, 0.05) is 30.6 Å². The molecule has 18 heavy (non-hydrogen) atoms. The van der Waals surface area contributed by atoms with Gasteiger partial charge in [0.1, 0.15) is 5.82 Å². The van der Waals surface area contributed by atoms with Gasteiger partial charge in [0.05, 0.1) is 12.2 Å². The fraction of sp³-hybridized carbons (Fsp3) is 0.571. The van der Waals surface area contributed by atoms with Crippen LogP contribution in [0.5, 0.6) is 0 Å². The summed E-state index contributed by atoms with van der Waals surface area (Å²) in [6, 6.07) is 2.56. The van der Waals surface area contributed by atoms with Gasteiger partial charge in [-0.3, -0.25) is 4.68 Å². The molecule has 0 bridgehead atoms. The number of rotatable bonds is 5. The van der Waals surface area contributed by atoms with E-state index in [1.807, 2.05) is 17.1 Å². The Bertz CT molecular complexity index is 495. The molecular weight excluding hydrogens is 224 g/mol. The highest BCUT2D eigenvalue weighted by Crippen LogP contribution is 2.14. The SMILES string of the molecule is CCC(C)n1ccc(Cn2ccnc2C(C)C)n1. The summed E-state index contributed by atoms with van der Waals surface area (Å²) in [6.07, 6.45) is 7.05. The standard InChI is InChI=1S/C14H22N4/c1-5-12(4)18-8-6-13(16-18)10-17-9-7-15-14(17)11(2)3/h6-9,11-12H,5,10H2,1-4H3. The minimum Gasteiger partial charge on any atom is -0.329 e. The third-order valence-electron chi connectivity index (χ3n) is 3.30. The lowest BCUT2D eigenvalue weighted by atomic mass is 10.2. The Labute approximate surface area is 109 Å². The molecule has 0 saturated carbocycles. The minimum absolute atomic E-state index is 0.441. The maximum Gasteiger partial charge on any atom is 0.111 e. The van der Waals surface area contributed by atoms with Crippen LogP contribution in [0.3, 0.4) is 0 Å². The fourth-order valence-electron chi connectivity index (χ4n) is 2.02. The van der Waals surface area contributed by atoms with Crippen molar-refractivity contribution in [1.29, 1.82) is 0 Å². The summed E-state index contributed by atoms with van der Waals surface area (Å²) in [5.74, 6) is 1.56. The Morgan fingerprint density at radius 1 is 1.22 bits per heavy atom. The predicted molar refractivity (Wildman–Crippen MR) is 72.6 cm³/mol. The van der Waals surface area contributed by atoms with Gasteiger partial charge in [0.15, 0.2) is 0 Å². The number of aromatic nitrogens is 4. The van der Waals surface area contributed by atoms with E-state index in [0.717, 1.165) is 24.5 Å². The molecule has 98 valence electrons.